The summed E-state index contributed by atoms with van der Waals surface area (Å²) in [5.41, 5.74) is 2.59. The summed E-state index contributed by atoms with van der Waals surface area (Å²) in [6, 6.07) is 5.54. The smallest absolute Gasteiger partial charge is 0.252 e. The molecule has 0 saturated heterocycles. The van der Waals surface area contributed by atoms with Gasteiger partial charge >= 0.3 is 0 Å². The number of amides is 1. The summed E-state index contributed by atoms with van der Waals surface area (Å²) in [5, 5.41) is 9.55. The van der Waals surface area contributed by atoms with Crippen LogP contribution in [0.15, 0.2) is 35.1 Å². The lowest BCUT2D eigenvalue weighted by Crippen LogP contribution is -2.27. The van der Waals surface area contributed by atoms with Gasteiger partial charge in [-0.1, -0.05) is 15.9 Å². The molecular weight excluding hydrogens is 294 g/mol. The lowest BCUT2D eigenvalue weighted by atomic mass is 10.1. The van der Waals surface area contributed by atoms with Gasteiger partial charge in [-0.15, -0.1) is 0 Å². The van der Waals surface area contributed by atoms with Crippen LogP contribution in [0.4, 0.5) is 0 Å². The van der Waals surface area contributed by atoms with Crippen molar-refractivity contribution in [2.75, 3.05) is 0 Å². The minimum absolute atomic E-state index is 0.0701. The Balaban J connectivity index is 2.12. The first-order valence-electron chi connectivity index (χ1n) is 5.63. The molecule has 0 spiro atoms. The number of halogens is 1. The van der Waals surface area contributed by atoms with E-state index in [2.05, 4.69) is 31.4 Å². The van der Waals surface area contributed by atoms with Crippen molar-refractivity contribution in [3.8, 4) is 0 Å². The Bertz CT molecular complexity index is 551. The van der Waals surface area contributed by atoms with Crippen LogP contribution in [-0.4, -0.2) is 16.1 Å². The summed E-state index contributed by atoms with van der Waals surface area (Å²) in [5.74, 6) is -0.0753. The van der Waals surface area contributed by atoms with E-state index in [9.17, 15) is 4.79 Å². The number of benzene rings is 1. The van der Waals surface area contributed by atoms with Crippen LogP contribution in [0.5, 0.6) is 0 Å². The van der Waals surface area contributed by atoms with E-state index in [4.69, 9.17) is 0 Å². The number of hydrogen-bond donors (Lipinski definition) is 2. The van der Waals surface area contributed by atoms with Crippen molar-refractivity contribution in [2.45, 2.75) is 19.9 Å². The van der Waals surface area contributed by atoms with Gasteiger partial charge < -0.3 is 5.32 Å². The summed E-state index contributed by atoms with van der Waals surface area (Å²) >= 11 is 3.38. The molecule has 1 unspecified atom stereocenters. The third-order valence-corrected chi connectivity index (χ3v) is 3.29. The lowest BCUT2D eigenvalue weighted by molar-refractivity contribution is 0.0939. The molecule has 0 saturated carbocycles. The van der Waals surface area contributed by atoms with Crippen LogP contribution in [0.1, 0.15) is 34.5 Å². The third kappa shape index (κ3) is 2.79. The van der Waals surface area contributed by atoms with Gasteiger partial charge in [0.15, 0.2) is 0 Å². The maximum Gasteiger partial charge on any atom is 0.252 e. The first-order chi connectivity index (χ1) is 8.58. The van der Waals surface area contributed by atoms with E-state index in [1.807, 2.05) is 32.0 Å². The monoisotopic (exact) mass is 307 g/mol. The van der Waals surface area contributed by atoms with Crippen LogP contribution >= 0.6 is 15.9 Å². The summed E-state index contributed by atoms with van der Waals surface area (Å²) in [4.78, 5) is 12.1. The molecule has 0 radical (unpaired) electrons. The van der Waals surface area contributed by atoms with Gasteiger partial charge in [-0.25, -0.2) is 0 Å². The topological polar surface area (TPSA) is 57.8 Å². The molecule has 0 aliphatic rings. The summed E-state index contributed by atoms with van der Waals surface area (Å²) in [6.07, 6.45) is 3.48. The molecule has 1 aromatic carbocycles. The predicted molar refractivity (Wildman–Crippen MR) is 73.3 cm³/mol. The van der Waals surface area contributed by atoms with E-state index in [1.54, 1.807) is 12.4 Å². The van der Waals surface area contributed by atoms with Crippen molar-refractivity contribution in [2.24, 2.45) is 0 Å². The fraction of sp³-hybridized carbons (Fsp3) is 0.231. The Labute approximate surface area is 114 Å². The van der Waals surface area contributed by atoms with Gasteiger partial charge in [0, 0.05) is 21.8 Å². The Morgan fingerprint density at radius 1 is 1.50 bits per heavy atom. The van der Waals surface area contributed by atoms with Crippen molar-refractivity contribution < 1.29 is 4.79 Å². The molecule has 1 heterocycles. The van der Waals surface area contributed by atoms with E-state index >= 15 is 0 Å². The zero-order chi connectivity index (χ0) is 13.1. The van der Waals surface area contributed by atoms with Crippen LogP contribution in [0.3, 0.4) is 0 Å². The molecule has 2 rings (SSSR count). The van der Waals surface area contributed by atoms with Gasteiger partial charge in [-0.2, -0.15) is 5.10 Å². The molecule has 0 fully saturated rings. The van der Waals surface area contributed by atoms with Crippen molar-refractivity contribution in [3.05, 3.63) is 51.8 Å². The Morgan fingerprint density at radius 2 is 2.28 bits per heavy atom. The number of aromatic amines is 1. The van der Waals surface area contributed by atoms with E-state index in [-0.39, 0.29) is 11.9 Å². The molecule has 0 aliphatic carbocycles. The molecular formula is C13H14BrN3O. The number of aromatic nitrogens is 2. The highest BCUT2D eigenvalue weighted by Crippen LogP contribution is 2.17. The number of aryl methyl sites for hydroxylation is 1. The molecule has 18 heavy (non-hydrogen) atoms. The maximum absolute atomic E-state index is 12.1. The third-order valence-electron chi connectivity index (χ3n) is 2.80. The molecule has 0 bridgehead atoms. The number of carbonyl (C=O) groups excluding carboxylic acids is 1. The SMILES string of the molecule is Cc1cc(Br)ccc1C(=O)NC(C)c1cn[nH]c1. The molecule has 2 N–H and O–H groups in total. The zero-order valence-corrected chi connectivity index (χ0v) is 11.8. The van der Waals surface area contributed by atoms with Gasteiger partial charge in [0.05, 0.1) is 12.2 Å². The van der Waals surface area contributed by atoms with Crippen molar-refractivity contribution in [3.63, 3.8) is 0 Å². The Kier molecular flexibility index (Phi) is 3.81. The summed E-state index contributed by atoms with van der Waals surface area (Å²) in [7, 11) is 0. The minimum atomic E-state index is -0.0753. The molecule has 1 amide bonds. The summed E-state index contributed by atoms with van der Waals surface area (Å²) in [6.45, 7) is 3.85. The minimum Gasteiger partial charge on any atom is -0.345 e. The van der Waals surface area contributed by atoms with E-state index in [1.165, 1.54) is 0 Å². The highest BCUT2D eigenvalue weighted by molar-refractivity contribution is 9.10. The Hall–Kier alpha value is -1.62. The van der Waals surface area contributed by atoms with Crippen LogP contribution in [0.25, 0.3) is 0 Å². The van der Waals surface area contributed by atoms with Gasteiger partial charge in [-0.05, 0) is 37.6 Å². The molecule has 1 aromatic heterocycles. The molecule has 4 nitrogen and oxygen atoms in total. The fourth-order valence-electron chi connectivity index (χ4n) is 1.74. The molecule has 1 atom stereocenters. The Morgan fingerprint density at radius 3 is 2.89 bits per heavy atom. The second-order valence-electron chi connectivity index (χ2n) is 4.19. The number of carbonyl (C=O) groups is 1. The number of H-pyrrole nitrogens is 1. The average Bonchev–Trinajstić information content (AvgIpc) is 2.81. The standard InChI is InChI=1S/C13H14BrN3O/c1-8-5-11(14)3-4-12(8)13(18)17-9(2)10-6-15-16-7-10/h3-7,9H,1-2H3,(H,15,16)(H,17,18). The van der Waals surface area contributed by atoms with Gasteiger partial charge in [0.2, 0.25) is 0 Å². The van der Waals surface area contributed by atoms with Gasteiger partial charge in [0.25, 0.3) is 5.91 Å². The van der Waals surface area contributed by atoms with E-state index < -0.39 is 0 Å². The van der Waals surface area contributed by atoms with Crippen LogP contribution in [0.2, 0.25) is 0 Å². The van der Waals surface area contributed by atoms with Crippen molar-refractivity contribution >= 4 is 21.8 Å². The van der Waals surface area contributed by atoms with Gasteiger partial charge in [-0.3, -0.25) is 9.89 Å². The number of hydrogen-bond acceptors (Lipinski definition) is 2. The van der Waals surface area contributed by atoms with Crippen LogP contribution in [0, 0.1) is 6.92 Å². The fourth-order valence-corrected chi connectivity index (χ4v) is 2.21. The van der Waals surface area contributed by atoms with Crippen molar-refractivity contribution in [1.82, 2.24) is 15.5 Å². The molecule has 94 valence electrons. The quantitative estimate of drug-likeness (QED) is 0.916. The molecule has 2 aromatic rings. The molecule has 0 aliphatic heterocycles. The second kappa shape index (κ2) is 5.35. The first-order valence-corrected chi connectivity index (χ1v) is 6.43. The second-order valence-corrected chi connectivity index (χ2v) is 5.10. The van der Waals surface area contributed by atoms with Crippen LogP contribution in [-0.2, 0) is 0 Å². The van der Waals surface area contributed by atoms with Crippen LogP contribution < -0.4 is 5.32 Å². The normalized spacial score (nSPS) is 12.2. The zero-order valence-electron chi connectivity index (χ0n) is 10.2. The van der Waals surface area contributed by atoms with E-state index in [0.29, 0.717) is 5.56 Å². The lowest BCUT2D eigenvalue weighted by Gasteiger charge is -2.13. The first kappa shape index (κ1) is 12.8. The average molecular weight is 308 g/mol. The van der Waals surface area contributed by atoms with Gasteiger partial charge in [0.1, 0.15) is 0 Å². The van der Waals surface area contributed by atoms with E-state index in [0.717, 1.165) is 15.6 Å². The number of nitrogens with zero attached hydrogens (tertiary/aromatic N) is 1. The predicted octanol–water partition coefficient (Wildman–Crippen LogP) is 2.97. The molecule has 5 heteroatoms. The highest BCUT2D eigenvalue weighted by Gasteiger charge is 2.13. The largest absolute Gasteiger partial charge is 0.345 e. The maximum atomic E-state index is 12.1. The van der Waals surface area contributed by atoms with Crippen molar-refractivity contribution in [1.29, 1.82) is 0 Å². The number of rotatable bonds is 3. The summed E-state index contributed by atoms with van der Waals surface area (Å²) < 4.78 is 0.972. The number of nitrogens with one attached hydrogen (secondary N) is 2. The highest BCUT2D eigenvalue weighted by atomic mass is 79.9.